The van der Waals surface area contributed by atoms with E-state index in [2.05, 4.69) is 15.3 Å². The SMILES string of the molecule is COc1ccc(Cl)cc1Nc1cc(C(=O)N2CCN(C=O)CC2)nc(C)n1. The third-order valence-electron chi connectivity index (χ3n) is 4.23. The first-order chi connectivity index (χ1) is 13.0. The summed E-state index contributed by atoms with van der Waals surface area (Å²) in [6, 6.07) is 6.79. The molecule has 1 aromatic carbocycles. The summed E-state index contributed by atoms with van der Waals surface area (Å²) in [5.41, 5.74) is 0.937. The highest BCUT2D eigenvalue weighted by atomic mass is 35.5. The lowest BCUT2D eigenvalue weighted by atomic mass is 10.2. The van der Waals surface area contributed by atoms with Crippen molar-refractivity contribution in [3.63, 3.8) is 0 Å². The number of halogens is 1. The first-order valence-electron chi connectivity index (χ1n) is 8.45. The van der Waals surface area contributed by atoms with Crippen LogP contribution in [-0.2, 0) is 4.79 Å². The average Bonchev–Trinajstić information content (AvgIpc) is 2.67. The maximum atomic E-state index is 12.8. The lowest BCUT2D eigenvalue weighted by Crippen LogP contribution is -2.48. The molecule has 0 spiro atoms. The number of aromatic nitrogens is 2. The van der Waals surface area contributed by atoms with E-state index < -0.39 is 0 Å². The Labute approximate surface area is 162 Å². The molecule has 0 aliphatic carbocycles. The number of carbonyl (C=O) groups is 2. The number of carbonyl (C=O) groups excluding carboxylic acids is 2. The molecule has 27 heavy (non-hydrogen) atoms. The van der Waals surface area contributed by atoms with Crippen LogP contribution in [0.5, 0.6) is 5.75 Å². The number of nitrogens with one attached hydrogen (secondary N) is 1. The van der Waals surface area contributed by atoms with Crippen LogP contribution in [0.25, 0.3) is 0 Å². The second-order valence-electron chi connectivity index (χ2n) is 6.09. The predicted octanol–water partition coefficient (Wildman–Crippen LogP) is 2.10. The maximum absolute atomic E-state index is 12.8. The van der Waals surface area contributed by atoms with E-state index in [4.69, 9.17) is 16.3 Å². The molecule has 2 amide bonds. The molecule has 0 saturated carbocycles. The van der Waals surface area contributed by atoms with E-state index in [1.54, 1.807) is 48.1 Å². The molecule has 0 radical (unpaired) electrons. The summed E-state index contributed by atoms with van der Waals surface area (Å²) >= 11 is 6.06. The van der Waals surface area contributed by atoms with Crippen molar-refractivity contribution in [2.45, 2.75) is 6.92 Å². The molecular weight excluding hydrogens is 370 g/mol. The molecule has 3 rings (SSSR count). The molecule has 1 N–H and O–H groups in total. The van der Waals surface area contributed by atoms with Crippen LogP contribution in [0.4, 0.5) is 11.5 Å². The van der Waals surface area contributed by atoms with Crippen molar-refractivity contribution in [3.8, 4) is 5.75 Å². The molecule has 1 aromatic heterocycles. The first-order valence-corrected chi connectivity index (χ1v) is 8.83. The van der Waals surface area contributed by atoms with Crippen LogP contribution >= 0.6 is 11.6 Å². The Morgan fingerprint density at radius 1 is 1.22 bits per heavy atom. The number of rotatable bonds is 5. The first kappa shape index (κ1) is 18.9. The Balaban J connectivity index is 1.81. The molecule has 0 atom stereocenters. The average molecular weight is 390 g/mol. The van der Waals surface area contributed by atoms with Gasteiger partial charge < -0.3 is 19.9 Å². The molecule has 1 saturated heterocycles. The minimum absolute atomic E-state index is 0.188. The molecule has 1 fully saturated rings. The minimum Gasteiger partial charge on any atom is -0.495 e. The Kier molecular flexibility index (Phi) is 5.75. The number of hydrogen-bond donors (Lipinski definition) is 1. The van der Waals surface area contributed by atoms with Gasteiger partial charge in [0.05, 0.1) is 12.8 Å². The fourth-order valence-electron chi connectivity index (χ4n) is 2.85. The van der Waals surface area contributed by atoms with Crippen molar-refractivity contribution in [1.82, 2.24) is 19.8 Å². The Bertz CT molecular complexity index is 853. The van der Waals surface area contributed by atoms with E-state index in [-0.39, 0.29) is 5.91 Å². The molecule has 8 nitrogen and oxygen atoms in total. The topological polar surface area (TPSA) is 87.7 Å². The molecule has 2 aromatic rings. The molecule has 9 heteroatoms. The van der Waals surface area contributed by atoms with Crippen molar-refractivity contribution in [2.75, 3.05) is 38.6 Å². The summed E-state index contributed by atoms with van der Waals surface area (Å²) < 4.78 is 5.32. The molecule has 0 unspecified atom stereocenters. The summed E-state index contributed by atoms with van der Waals surface area (Å²) in [4.78, 5) is 35.5. The van der Waals surface area contributed by atoms with E-state index >= 15 is 0 Å². The zero-order chi connectivity index (χ0) is 19.4. The highest BCUT2D eigenvalue weighted by Crippen LogP contribution is 2.30. The van der Waals surface area contributed by atoms with Crippen LogP contribution in [0.3, 0.4) is 0 Å². The molecule has 1 aliphatic rings. The summed E-state index contributed by atoms with van der Waals surface area (Å²) in [5.74, 6) is 1.36. The molecule has 0 bridgehead atoms. The Morgan fingerprint density at radius 2 is 1.96 bits per heavy atom. The minimum atomic E-state index is -0.188. The van der Waals surface area contributed by atoms with Gasteiger partial charge in [-0.05, 0) is 25.1 Å². The number of hydrogen-bond acceptors (Lipinski definition) is 6. The van der Waals surface area contributed by atoms with E-state index in [1.165, 1.54) is 0 Å². The zero-order valence-corrected chi connectivity index (χ0v) is 15.9. The largest absolute Gasteiger partial charge is 0.495 e. The van der Waals surface area contributed by atoms with Crippen LogP contribution < -0.4 is 10.1 Å². The third kappa shape index (κ3) is 4.46. The summed E-state index contributed by atoms with van der Waals surface area (Å²) in [6.07, 6.45) is 0.803. The summed E-state index contributed by atoms with van der Waals surface area (Å²) in [5, 5.41) is 3.68. The summed E-state index contributed by atoms with van der Waals surface area (Å²) in [7, 11) is 1.56. The highest BCUT2D eigenvalue weighted by molar-refractivity contribution is 6.31. The molecular formula is C18H20ClN5O3. The Hall–Kier alpha value is -2.87. The highest BCUT2D eigenvalue weighted by Gasteiger charge is 2.23. The summed E-state index contributed by atoms with van der Waals surface area (Å²) in [6.45, 7) is 3.72. The number of amides is 2. The normalized spacial score (nSPS) is 14.0. The fourth-order valence-corrected chi connectivity index (χ4v) is 3.02. The van der Waals surface area contributed by atoms with Gasteiger partial charge in [-0.2, -0.15) is 0 Å². The van der Waals surface area contributed by atoms with Crippen molar-refractivity contribution < 1.29 is 14.3 Å². The van der Waals surface area contributed by atoms with Crippen molar-refractivity contribution in [2.24, 2.45) is 0 Å². The van der Waals surface area contributed by atoms with Gasteiger partial charge in [-0.3, -0.25) is 9.59 Å². The Morgan fingerprint density at radius 3 is 2.63 bits per heavy atom. The van der Waals surface area contributed by atoms with E-state index in [0.29, 0.717) is 60.0 Å². The van der Waals surface area contributed by atoms with Gasteiger partial charge in [-0.25, -0.2) is 9.97 Å². The number of ether oxygens (including phenoxy) is 1. The second-order valence-corrected chi connectivity index (χ2v) is 6.53. The quantitative estimate of drug-likeness (QED) is 0.788. The number of piperazine rings is 1. The van der Waals surface area contributed by atoms with Crippen LogP contribution in [0, 0.1) is 6.92 Å². The van der Waals surface area contributed by atoms with Gasteiger partial charge in [0.25, 0.3) is 5.91 Å². The molecule has 142 valence electrons. The van der Waals surface area contributed by atoms with Crippen LogP contribution in [0.1, 0.15) is 16.3 Å². The van der Waals surface area contributed by atoms with E-state index in [9.17, 15) is 9.59 Å². The standard InChI is InChI=1S/C18H20ClN5O3/c1-12-20-15(18(26)24-7-5-23(11-25)6-8-24)10-17(21-12)22-14-9-13(19)3-4-16(14)27-2/h3-4,9-11H,5-8H2,1-2H3,(H,20,21,22). The van der Waals surface area contributed by atoms with Gasteiger partial charge >= 0.3 is 0 Å². The van der Waals surface area contributed by atoms with Gasteiger partial charge in [0.15, 0.2) is 0 Å². The van der Waals surface area contributed by atoms with Crippen molar-refractivity contribution in [3.05, 3.63) is 40.8 Å². The van der Waals surface area contributed by atoms with Crippen molar-refractivity contribution >= 4 is 35.4 Å². The number of methoxy groups -OCH3 is 1. The molecule has 2 heterocycles. The van der Waals surface area contributed by atoms with Crippen LogP contribution in [-0.4, -0.2) is 65.4 Å². The lowest BCUT2D eigenvalue weighted by Gasteiger charge is -2.32. The van der Waals surface area contributed by atoms with Crippen molar-refractivity contribution in [1.29, 1.82) is 0 Å². The number of benzene rings is 1. The maximum Gasteiger partial charge on any atom is 0.272 e. The number of nitrogens with zero attached hydrogens (tertiary/aromatic N) is 4. The van der Waals surface area contributed by atoms with E-state index in [0.717, 1.165) is 6.41 Å². The van der Waals surface area contributed by atoms with Gasteiger partial charge in [-0.1, -0.05) is 11.6 Å². The number of anilines is 2. The fraction of sp³-hybridized carbons (Fsp3) is 0.333. The molecule has 1 aliphatic heterocycles. The van der Waals surface area contributed by atoms with E-state index in [1.807, 2.05) is 0 Å². The van der Waals surface area contributed by atoms with Gasteiger partial charge in [0.2, 0.25) is 6.41 Å². The number of aryl methyl sites for hydroxylation is 1. The zero-order valence-electron chi connectivity index (χ0n) is 15.1. The smallest absolute Gasteiger partial charge is 0.272 e. The monoisotopic (exact) mass is 389 g/mol. The van der Waals surface area contributed by atoms with Crippen LogP contribution in [0.2, 0.25) is 5.02 Å². The third-order valence-corrected chi connectivity index (χ3v) is 4.47. The van der Waals surface area contributed by atoms with Gasteiger partial charge in [-0.15, -0.1) is 0 Å². The van der Waals surface area contributed by atoms with Gasteiger partial charge in [0, 0.05) is 37.3 Å². The van der Waals surface area contributed by atoms with Gasteiger partial charge in [0.1, 0.15) is 23.1 Å². The predicted molar refractivity (Wildman–Crippen MR) is 102 cm³/mol. The second kappa shape index (κ2) is 8.22. The van der Waals surface area contributed by atoms with Crippen LogP contribution in [0.15, 0.2) is 24.3 Å². The lowest BCUT2D eigenvalue weighted by molar-refractivity contribution is -0.119.